The molecule has 1 rings (SSSR count). The second-order valence-electron chi connectivity index (χ2n) is 3.58. The van der Waals surface area contributed by atoms with Gasteiger partial charge in [-0.15, -0.1) is 11.4 Å². The van der Waals surface area contributed by atoms with Gasteiger partial charge >= 0.3 is 0 Å². The molecule has 0 aromatic carbocycles. The van der Waals surface area contributed by atoms with Crippen LogP contribution in [-0.4, -0.2) is 5.02 Å². The lowest BCUT2D eigenvalue weighted by molar-refractivity contribution is 0.759. The molecule has 0 saturated heterocycles. The Morgan fingerprint density at radius 2 is 1.85 bits per heavy atom. The lowest BCUT2D eigenvalue weighted by Gasteiger charge is -2.05. The van der Waals surface area contributed by atoms with E-state index in [9.17, 15) is 0 Å². The summed E-state index contributed by atoms with van der Waals surface area (Å²) in [6.07, 6.45) is 7.77. The van der Waals surface area contributed by atoms with E-state index in [1.165, 1.54) is 55.4 Å². The standard InChI is InChI=1S/C12H20S/c1-3-5-7-11-9-13-10-12(11)8-6-4-2/h9,13H,3-8H2,1-2H3. The third-order valence-electron chi connectivity index (χ3n) is 2.39. The molecule has 0 spiro atoms. The van der Waals surface area contributed by atoms with Gasteiger partial charge in [-0.25, -0.2) is 0 Å². The molecule has 74 valence electrons. The van der Waals surface area contributed by atoms with Crippen LogP contribution in [0.2, 0.25) is 0 Å². The van der Waals surface area contributed by atoms with Gasteiger partial charge in [-0.2, -0.15) is 0 Å². The molecule has 0 saturated carbocycles. The molecule has 0 N–H and O–H groups in total. The zero-order valence-corrected chi connectivity index (χ0v) is 9.66. The molecular formula is C12H20S. The fourth-order valence-corrected chi connectivity index (χ4v) is 2.41. The van der Waals surface area contributed by atoms with Crippen molar-refractivity contribution in [1.82, 2.24) is 0 Å². The highest BCUT2D eigenvalue weighted by Gasteiger charge is 2.06. The summed E-state index contributed by atoms with van der Waals surface area (Å²) >= 11 is 1.29. The van der Waals surface area contributed by atoms with Crippen molar-refractivity contribution in [2.75, 3.05) is 0 Å². The number of rotatable bonds is 6. The summed E-state index contributed by atoms with van der Waals surface area (Å²) in [5, 5.41) is 5.78. The van der Waals surface area contributed by atoms with Gasteiger partial charge in [-0.05, 0) is 36.7 Å². The van der Waals surface area contributed by atoms with Gasteiger partial charge in [0.15, 0.2) is 0 Å². The van der Waals surface area contributed by atoms with E-state index in [0.29, 0.717) is 0 Å². The number of hydrogen-bond acceptors (Lipinski definition) is 0. The van der Waals surface area contributed by atoms with Gasteiger partial charge in [0.05, 0.1) is 0 Å². The lowest BCUT2D eigenvalue weighted by Crippen LogP contribution is -1.89. The maximum absolute atomic E-state index is 3.45. The van der Waals surface area contributed by atoms with Gasteiger partial charge < -0.3 is 0 Å². The van der Waals surface area contributed by atoms with Crippen LogP contribution in [0.1, 0.15) is 52.4 Å². The zero-order chi connectivity index (χ0) is 9.52. The minimum Gasteiger partial charge on any atom is -0.133 e. The molecule has 0 aromatic heterocycles. The summed E-state index contributed by atoms with van der Waals surface area (Å²) in [7, 11) is 0. The highest BCUT2D eigenvalue weighted by atomic mass is 32.1. The summed E-state index contributed by atoms with van der Waals surface area (Å²) in [6.45, 7) is 4.51. The Morgan fingerprint density at radius 1 is 1.15 bits per heavy atom. The molecule has 0 fully saturated rings. The number of thiol groups is 1. The first-order valence-corrected chi connectivity index (χ1v) is 6.36. The maximum atomic E-state index is 3.45. The SMILES string of the molecule is CCCCC1=C=[SH]C=C1CCCC. The first kappa shape index (κ1) is 10.8. The average molecular weight is 196 g/mol. The number of hydrogen-bond donors (Lipinski definition) is 1. The topological polar surface area (TPSA) is 0 Å². The van der Waals surface area contributed by atoms with Crippen molar-refractivity contribution in [1.29, 1.82) is 0 Å². The molecule has 1 heteroatoms. The van der Waals surface area contributed by atoms with E-state index in [4.69, 9.17) is 0 Å². The van der Waals surface area contributed by atoms with Crippen molar-refractivity contribution >= 4 is 16.4 Å². The molecule has 0 aliphatic carbocycles. The molecule has 0 aromatic rings. The summed E-state index contributed by atoms with van der Waals surface area (Å²) < 4.78 is 0. The zero-order valence-electron chi connectivity index (χ0n) is 8.77. The number of allylic oxidation sites excluding steroid dienone is 2. The summed E-state index contributed by atoms with van der Waals surface area (Å²) in [5.74, 6) is 0. The quantitative estimate of drug-likeness (QED) is 0.481. The molecular weight excluding hydrogens is 176 g/mol. The average Bonchev–Trinajstić information content (AvgIpc) is 2.59. The second kappa shape index (κ2) is 6.23. The largest absolute Gasteiger partial charge is 0.133 e. The Kier molecular flexibility index (Phi) is 5.19. The number of unbranched alkanes of at least 4 members (excludes halogenated alkanes) is 2. The third-order valence-corrected chi connectivity index (χ3v) is 3.23. The van der Waals surface area contributed by atoms with Gasteiger partial charge in [-0.3, -0.25) is 0 Å². The fraction of sp³-hybridized carbons (Fsp3) is 0.667. The molecule has 0 unspecified atom stereocenters. The maximum Gasteiger partial charge on any atom is 0.00386 e. The minimum absolute atomic E-state index is 1.25. The lowest BCUT2D eigenvalue weighted by atomic mass is 9.99. The second-order valence-corrected chi connectivity index (χ2v) is 4.32. The van der Waals surface area contributed by atoms with Gasteiger partial charge in [0, 0.05) is 5.57 Å². The van der Waals surface area contributed by atoms with Crippen LogP contribution in [0.3, 0.4) is 0 Å². The Balaban J connectivity index is 2.36. The van der Waals surface area contributed by atoms with Gasteiger partial charge in [0.2, 0.25) is 0 Å². The van der Waals surface area contributed by atoms with E-state index in [1.807, 2.05) is 0 Å². The molecule has 1 heterocycles. The predicted octanol–water partition coefficient (Wildman–Crippen LogP) is 4.06. The van der Waals surface area contributed by atoms with Gasteiger partial charge in [-0.1, -0.05) is 31.7 Å². The first-order chi connectivity index (χ1) is 6.38. The van der Waals surface area contributed by atoms with Crippen molar-refractivity contribution in [2.45, 2.75) is 52.4 Å². The molecule has 0 atom stereocenters. The molecule has 1 aliphatic rings. The normalized spacial score (nSPS) is 15.2. The van der Waals surface area contributed by atoms with E-state index in [1.54, 1.807) is 5.57 Å². The van der Waals surface area contributed by atoms with Crippen LogP contribution in [-0.2, 0) is 0 Å². The highest BCUT2D eigenvalue weighted by molar-refractivity contribution is 8.00. The first-order valence-electron chi connectivity index (χ1n) is 5.39. The van der Waals surface area contributed by atoms with Crippen molar-refractivity contribution in [3.63, 3.8) is 0 Å². The van der Waals surface area contributed by atoms with Crippen LogP contribution < -0.4 is 0 Å². The Morgan fingerprint density at radius 3 is 2.54 bits per heavy atom. The predicted molar refractivity (Wildman–Crippen MR) is 64.6 cm³/mol. The van der Waals surface area contributed by atoms with Crippen LogP contribution in [0.15, 0.2) is 16.6 Å². The Labute approximate surface area is 85.7 Å². The van der Waals surface area contributed by atoms with Crippen LogP contribution in [0.5, 0.6) is 0 Å². The molecule has 0 amide bonds. The Hall–Kier alpha value is -0.260. The van der Waals surface area contributed by atoms with Crippen LogP contribution in [0, 0.1) is 0 Å². The van der Waals surface area contributed by atoms with Crippen LogP contribution >= 0.6 is 11.4 Å². The van der Waals surface area contributed by atoms with Crippen LogP contribution in [0.25, 0.3) is 0 Å². The summed E-state index contributed by atoms with van der Waals surface area (Å²) in [4.78, 5) is 0. The van der Waals surface area contributed by atoms with Crippen LogP contribution in [0.4, 0.5) is 0 Å². The molecule has 1 aliphatic heterocycles. The summed E-state index contributed by atoms with van der Waals surface area (Å²) in [5.41, 5.74) is 3.09. The third kappa shape index (κ3) is 3.54. The van der Waals surface area contributed by atoms with Crippen molar-refractivity contribution in [3.05, 3.63) is 16.6 Å². The van der Waals surface area contributed by atoms with E-state index < -0.39 is 0 Å². The highest BCUT2D eigenvalue weighted by Crippen LogP contribution is 2.25. The molecule has 13 heavy (non-hydrogen) atoms. The Bertz CT molecular complexity index is 242. The molecule has 0 radical (unpaired) electrons. The van der Waals surface area contributed by atoms with Crippen molar-refractivity contribution in [3.8, 4) is 0 Å². The van der Waals surface area contributed by atoms with E-state index >= 15 is 0 Å². The molecule has 0 nitrogen and oxygen atoms in total. The fourth-order valence-electron chi connectivity index (χ4n) is 1.49. The molecule has 0 bridgehead atoms. The summed E-state index contributed by atoms with van der Waals surface area (Å²) in [6, 6.07) is 0. The van der Waals surface area contributed by atoms with Gasteiger partial charge in [0.25, 0.3) is 0 Å². The monoisotopic (exact) mass is 196 g/mol. The minimum atomic E-state index is 1.25. The van der Waals surface area contributed by atoms with E-state index in [2.05, 4.69) is 24.3 Å². The smallest absolute Gasteiger partial charge is 0.00386 e. The van der Waals surface area contributed by atoms with Crippen molar-refractivity contribution < 1.29 is 0 Å². The van der Waals surface area contributed by atoms with Crippen molar-refractivity contribution in [2.24, 2.45) is 0 Å². The van der Waals surface area contributed by atoms with E-state index in [0.717, 1.165) is 0 Å². The van der Waals surface area contributed by atoms with Gasteiger partial charge in [0.1, 0.15) is 0 Å². The van der Waals surface area contributed by atoms with E-state index in [-0.39, 0.29) is 0 Å².